The van der Waals surface area contributed by atoms with Gasteiger partial charge in [-0.25, -0.2) is 19.2 Å². The molecule has 0 aliphatic rings. The van der Waals surface area contributed by atoms with Crippen molar-refractivity contribution < 1.29 is 42.9 Å². The molecule has 3 aromatic rings. The van der Waals surface area contributed by atoms with Gasteiger partial charge in [-0.2, -0.15) is 4.90 Å². The van der Waals surface area contributed by atoms with E-state index in [1.807, 2.05) is 91.0 Å². The molecule has 0 aliphatic carbocycles. The zero-order valence-corrected chi connectivity index (χ0v) is 33.9. The fourth-order valence-electron chi connectivity index (χ4n) is 5.43. The van der Waals surface area contributed by atoms with Crippen LogP contribution in [-0.2, 0) is 33.3 Å². The maximum atomic E-state index is 15.4. The summed E-state index contributed by atoms with van der Waals surface area (Å²) in [5, 5.41) is 1.75. The Labute approximate surface area is 314 Å². The highest BCUT2D eigenvalue weighted by Gasteiger charge is 2.46. The molecule has 0 spiro atoms. The number of carbonyl (C=O) groups excluding carboxylic acids is 5. The molecule has 1 atom stereocenters. The third kappa shape index (κ3) is 11.6. The second-order valence-electron chi connectivity index (χ2n) is 16.5. The summed E-state index contributed by atoms with van der Waals surface area (Å²) in [6.45, 7) is 16.1. The fraction of sp³-hybridized carbons (Fsp3) is 0.429. The van der Waals surface area contributed by atoms with E-state index in [0.29, 0.717) is 20.8 Å². The van der Waals surface area contributed by atoms with E-state index in [-0.39, 0.29) is 5.29 Å². The van der Waals surface area contributed by atoms with Gasteiger partial charge in [-0.05, 0) is 106 Å². The van der Waals surface area contributed by atoms with Gasteiger partial charge in [0.15, 0.2) is 11.8 Å². The summed E-state index contributed by atoms with van der Waals surface area (Å²) >= 11 is 0. The lowest BCUT2D eigenvalue weighted by Crippen LogP contribution is -2.54. The summed E-state index contributed by atoms with van der Waals surface area (Å²) in [4.78, 5) is 72.7. The van der Waals surface area contributed by atoms with Gasteiger partial charge in [-0.15, -0.1) is 0 Å². The lowest BCUT2D eigenvalue weighted by Gasteiger charge is -2.35. The number of esters is 2. The number of hydrogen-bond donors (Lipinski definition) is 0. The predicted octanol–water partition coefficient (Wildman–Crippen LogP) is 7.34. The lowest BCUT2D eigenvalue weighted by atomic mass is 10.1. The molecule has 0 fully saturated rings. The molecule has 0 bridgehead atoms. The molecule has 0 aromatic heterocycles. The van der Waals surface area contributed by atoms with Gasteiger partial charge in [-0.3, -0.25) is 4.79 Å². The molecular formula is C42H54NO9P. The van der Waals surface area contributed by atoms with E-state index >= 15 is 4.79 Å². The Morgan fingerprint density at radius 3 is 1.13 bits per heavy atom. The molecule has 3 rings (SSSR count). The molecule has 0 saturated heterocycles. The van der Waals surface area contributed by atoms with E-state index in [1.165, 1.54) is 0 Å². The van der Waals surface area contributed by atoms with E-state index in [1.54, 1.807) is 83.1 Å². The minimum absolute atomic E-state index is 0.238. The minimum Gasteiger partial charge on any atom is -0.458 e. The molecule has 0 heterocycles. The van der Waals surface area contributed by atoms with Gasteiger partial charge < -0.3 is 18.9 Å². The Balaban J connectivity index is 2.55. The first-order chi connectivity index (χ1) is 24.4. The number of Topliss-reactive ketones (excluding diaryl/α,β-unsaturated/α-hetero) is 1. The first kappa shape index (κ1) is 42.7. The van der Waals surface area contributed by atoms with Gasteiger partial charge in [0, 0.05) is 6.42 Å². The van der Waals surface area contributed by atoms with Crippen LogP contribution in [0.1, 0.15) is 89.5 Å². The molecule has 0 N–H and O–H groups in total. The van der Waals surface area contributed by atoms with Crippen molar-refractivity contribution in [3.63, 3.8) is 0 Å². The summed E-state index contributed by atoms with van der Waals surface area (Å²) < 4.78 is 23.0. The van der Waals surface area contributed by atoms with Crippen LogP contribution in [0.15, 0.2) is 91.0 Å². The highest BCUT2D eigenvalue weighted by atomic mass is 31.2. The quantitative estimate of drug-likeness (QED) is 0.0957. The van der Waals surface area contributed by atoms with Crippen LogP contribution in [0.5, 0.6) is 0 Å². The highest BCUT2D eigenvalue weighted by molar-refractivity contribution is 7.97. The molecule has 0 unspecified atom stereocenters. The number of carbonyl (C=O) groups is 5. The number of imide groups is 1. The van der Waals surface area contributed by atoms with Crippen LogP contribution in [0.4, 0.5) is 9.59 Å². The lowest BCUT2D eigenvalue weighted by molar-refractivity contribution is -0.162. The van der Waals surface area contributed by atoms with Crippen molar-refractivity contribution >= 4 is 58.0 Å². The van der Waals surface area contributed by atoms with E-state index in [9.17, 15) is 19.2 Å². The Hall–Kier alpha value is -4.69. The molecule has 0 radical (unpaired) electrons. The summed E-state index contributed by atoms with van der Waals surface area (Å²) in [6, 6.07) is 25.6. The largest absolute Gasteiger partial charge is 0.458 e. The third-order valence-electron chi connectivity index (χ3n) is 7.17. The third-order valence-corrected chi connectivity index (χ3v) is 11.5. The van der Waals surface area contributed by atoms with Crippen LogP contribution in [-0.4, -0.2) is 68.5 Å². The van der Waals surface area contributed by atoms with Gasteiger partial charge in [0.25, 0.3) is 0 Å². The van der Waals surface area contributed by atoms with Crippen molar-refractivity contribution in [1.29, 1.82) is 0 Å². The maximum absolute atomic E-state index is 15.4. The van der Waals surface area contributed by atoms with Crippen LogP contribution >= 0.6 is 6.89 Å². The molecule has 11 heteroatoms. The number of rotatable bonds is 9. The first-order valence-corrected chi connectivity index (χ1v) is 19.3. The summed E-state index contributed by atoms with van der Waals surface area (Å²) in [7, 11) is 0. The Morgan fingerprint density at radius 1 is 0.509 bits per heavy atom. The Morgan fingerprint density at radius 2 is 0.830 bits per heavy atom. The monoisotopic (exact) mass is 747 g/mol. The van der Waals surface area contributed by atoms with Crippen LogP contribution < -0.4 is 15.9 Å². The normalized spacial score (nSPS) is 12.9. The summed E-state index contributed by atoms with van der Waals surface area (Å²) in [5.41, 5.74) is -4.35. The number of ketones is 1. The Kier molecular flexibility index (Phi) is 13.3. The smallest absolute Gasteiger partial charge is 0.420 e. The summed E-state index contributed by atoms with van der Waals surface area (Å²) in [6.07, 6.45) is -3.31. The second-order valence-corrected chi connectivity index (χ2v) is 19.9. The maximum Gasteiger partial charge on any atom is 0.420 e. The molecule has 0 aliphatic heterocycles. The fourth-order valence-corrected chi connectivity index (χ4v) is 9.74. The van der Waals surface area contributed by atoms with Crippen molar-refractivity contribution in [2.45, 2.75) is 118 Å². The standard InChI is InChI=1S/C42H54NO9P/c1-39(2,3)49-35(45)32(43(37(47)51-41(7,8)9)38(48)52-42(10,11)12)28-33(44)34(36(46)50-40(4,5)6)53(29-22-16-13-17-23-29,30-24-18-14-19-25-30)31-26-20-15-21-27-31/h13-27,32H,28H2,1-12H3/t32-/m0/s1. The molecule has 3 aromatic carbocycles. The molecule has 286 valence electrons. The van der Waals surface area contributed by atoms with Gasteiger partial charge >= 0.3 is 24.1 Å². The number of hydrogen-bond acceptors (Lipinski definition) is 9. The SMILES string of the molecule is CC(C)(C)OC(=O)C(C(=O)C[C@@H](C(=O)OC(C)(C)C)N(C(=O)OC(C)(C)C)C(=O)OC(C)(C)C)=P(c1ccccc1)(c1ccccc1)c1ccccc1. The number of amides is 2. The van der Waals surface area contributed by atoms with E-state index in [2.05, 4.69) is 0 Å². The van der Waals surface area contributed by atoms with Crippen LogP contribution in [0.3, 0.4) is 0 Å². The zero-order valence-electron chi connectivity index (χ0n) is 33.0. The van der Waals surface area contributed by atoms with Crippen molar-refractivity contribution in [2.24, 2.45) is 0 Å². The zero-order chi connectivity index (χ0) is 40.0. The summed E-state index contributed by atoms with van der Waals surface area (Å²) in [5.74, 6) is -2.82. The first-order valence-electron chi connectivity index (χ1n) is 17.5. The highest BCUT2D eigenvalue weighted by Crippen LogP contribution is 2.47. The molecule has 53 heavy (non-hydrogen) atoms. The van der Waals surface area contributed by atoms with E-state index in [4.69, 9.17) is 18.9 Å². The van der Waals surface area contributed by atoms with Crippen molar-refractivity contribution in [2.75, 3.05) is 0 Å². The van der Waals surface area contributed by atoms with Crippen molar-refractivity contribution in [3.05, 3.63) is 91.0 Å². The van der Waals surface area contributed by atoms with Crippen LogP contribution in [0, 0.1) is 0 Å². The average molecular weight is 748 g/mol. The van der Waals surface area contributed by atoms with Crippen molar-refractivity contribution in [1.82, 2.24) is 4.90 Å². The van der Waals surface area contributed by atoms with Crippen LogP contribution in [0.2, 0.25) is 0 Å². The topological polar surface area (TPSA) is 126 Å². The Bertz CT molecular complexity index is 1700. The van der Waals surface area contributed by atoms with E-state index < -0.39 is 71.7 Å². The van der Waals surface area contributed by atoms with Gasteiger partial charge in [0.2, 0.25) is 0 Å². The number of nitrogens with zero attached hydrogens (tertiary/aromatic N) is 1. The van der Waals surface area contributed by atoms with Gasteiger partial charge in [-0.1, -0.05) is 91.0 Å². The molecule has 10 nitrogen and oxygen atoms in total. The predicted molar refractivity (Wildman–Crippen MR) is 210 cm³/mol. The molecular weight excluding hydrogens is 693 g/mol. The average Bonchev–Trinajstić information content (AvgIpc) is 3.01. The van der Waals surface area contributed by atoms with E-state index in [0.717, 1.165) is 0 Å². The minimum atomic E-state index is -3.44. The van der Waals surface area contributed by atoms with Gasteiger partial charge in [0.1, 0.15) is 27.7 Å². The number of ether oxygens (including phenoxy) is 4. The molecule has 2 amide bonds. The second kappa shape index (κ2) is 16.5. The molecule has 0 saturated carbocycles. The van der Waals surface area contributed by atoms with Gasteiger partial charge in [0.05, 0.1) is 0 Å². The number of benzene rings is 3. The van der Waals surface area contributed by atoms with Crippen molar-refractivity contribution in [3.8, 4) is 0 Å². The van der Waals surface area contributed by atoms with Crippen LogP contribution in [0.25, 0.3) is 0 Å².